The lowest BCUT2D eigenvalue weighted by Gasteiger charge is -2.24. The molecule has 146 valence electrons. The summed E-state index contributed by atoms with van der Waals surface area (Å²) in [7, 11) is 1.33. The summed E-state index contributed by atoms with van der Waals surface area (Å²) in [5.74, 6) is -0.496. The lowest BCUT2D eigenvalue weighted by molar-refractivity contribution is -0.136. The highest BCUT2D eigenvalue weighted by molar-refractivity contribution is 7.07. The van der Waals surface area contributed by atoms with Crippen LogP contribution in [0.15, 0.2) is 75.7 Å². The molecule has 0 aliphatic carbocycles. The van der Waals surface area contributed by atoms with Crippen LogP contribution >= 0.6 is 22.9 Å². The predicted molar refractivity (Wildman–Crippen MR) is 114 cm³/mol. The van der Waals surface area contributed by atoms with Gasteiger partial charge in [-0.3, -0.25) is 9.36 Å². The van der Waals surface area contributed by atoms with E-state index in [9.17, 15) is 9.59 Å². The molecule has 4 rings (SSSR count). The second-order valence-electron chi connectivity index (χ2n) is 6.54. The largest absolute Gasteiger partial charge is 0.466 e. The van der Waals surface area contributed by atoms with Gasteiger partial charge in [-0.25, -0.2) is 9.79 Å². The van der Waals surface area contributed by atoms with Gasteiger partial charge in [0.1, 0.15) is 0 Å². The van der Waals surface area contributed by atoms with Crippen LogP contribution in [-0.2, 0) is 9.53 Å². The van der Waals surface area contributed by atoms with Crippen molar-refractivity contribution in [3.8, 4) is 0 Å². The molecule has 0 N–H and O–H groups in total. The van der Waals surface area contributed by atoms with E-state index in [1.54, 1.807) is 29.7 Å². The van der Waals surface area contributed by atoms with Crippen molar-refractivity contribution in [3.63, 3.8) is 0 Å². The van der Waals surface area contributed by atoms with E-state index in [4.69, 9.17) is 16.3 Å². The molecule has 1 unspecified atom stereocenters. The molecule has 1 atom stereocenters. The van der Waals surface area contributed by atoms with Crippen LogP contribution < -0.4 is 14.9 Å². The van der Waals surface area contributed by atoms with Crippen LogP contribution in [-0.4, -0.2) is 17.6 Å². The second-order valence-corrected chi connectivity index (χ2v) is 7.98. The average molecular weight is 425 g/mol. The molecule has 5 nitrogen and oxygen atoms in total. The van der Waals surface area contributed by atoms with Gasteiger partial charge >= 0.3 is 5.97 Å². The molecule has 0 bridgehead atoms. The van der Waals surface area contributed by atoms with Gasteiger partial charge < -0.3 is 4.74 Å². The Kier molecular flexibility index (Phi) is 5.22. The minimum Gasteiger partial charge on any atom is -0.466 e. The minimum absolute atomic E-state index is 0.212. The van der Waals surface area contributed by atoms with Gasteiger partial charge in [0.05, 0.1) is 29.0 Å². The Labute approximate surface area is 175 Å². The van der Waals surface area contributed by atoms with Gasteiger partial charge in [-0.1, -0.05) is 65.4 Å². The topological polar surface area (TPSA) is 60.7 Å². The molecule has 0 amide bonds. The number of hydrogen-bond acceptors (Lipinski definition) is 5. The van der Waals surface area contributed by atoms with Crippen molar-refractivity contribution >= 4 is 35.0 Å². The lowest BCUT2D eigenvalue weighted by Crippen LogP contribution is -2.39. The molecule has 0 saturated heterocycles. The third-order valence-corrected chi connectivity index (χ3v) is 5.91. The summed E-state index contributed by atoms with van der Waals surface area (Å²) in [5, 5.41) is 0.595. The van der Waals surface area contributed by atoms with E-state index in [2.05, 4.69) is 4.99 Å². The van der Waals surface area contributed by atoms with Gasteiger partial charge in [0, 0.05) is 5.02 Å². The van der Waals surface area contributed by atoms with Crippen molar-refractivity contribution < 1.29 is 9.53 Å². The summed E-state index contributed by atoms with van der Waals surface area (Å²) in [6, 6.07) is 16.1. The normalized spacial score (nSPS) is 16.4. The number of nitrogens with zero attached hydrogens (tertiary/aromatic N) is 2. The molecule has 0 saturated carbocycles. The van der Waals surface area contributed by atoms with E-state index >= 15 is 0 Å². The molecule has 2 aromatic carbocycles. The Balaban J connectivity index is 1.98. The SMILES string of the molecule is COC(=O)C1=C(C)N=c2sc(=Cc3cccc(Cl)c3)c(=O)n2C1c1ccccc1. The van der Waals surface area contributed by atoms with Crippen molar-refractivity contribution in [1.29, 1.82) is 0 Å². The van der Waals surface area contributed by atoms with E-state index in [0.29, 0.717) is 25.6 Å². The standard InChI is InChI=1S/C22H17ClN2O3S/c1-13-18(21(27)28-2)19(15-8-4-3-5-9-15)25-20(26)17(29-22(25)24-13)12-14-7-6-10-16(23)11-14/h3-12,19H,1-2H3. The Morgan fingerprint density at radius 3 is 2.66 bits per heavy atom. The maximum Gasteiger partial charge on any atom is 0.338 e. The van der Waals surface area contributed by atoms with Crippen molar-refractivity contribution in [2.24, 2.45) is 4.99 Å². The zero-order valence-corrected chi connectivity index (χ0v) is 17.3. The van der Waals surface area contributed by atoms with Crippen molar-refractivity contribution in [3.05, 3.63) is 102 Å². The number of ether oxygens (including phenoxy) is 1. The van der Waals surface area contributed by atoms with Gasteiger partial charge in [0.25, 0.3) is 5.56 Å². The first-order valence-electron chi connectivity index (χ1n) is 8.91. The number of thiazole rings is 1. The number of benzene rings is 2. The fourth-order valence-corrected chi connectivity index (χ4v) is 4.64. The number of aromatic nitrogens is 1. The number of hydrogen-bond donors (Lipinski definition) is 0. The number of esters is 1. The van der Waals surface area contributed by atoms with Gasteiger partial charge in [-0.2, -0.15) is 0 Å². The van der Waals surface area contributed by atoms with Crippen LogP contribution in [0.1, 0.15) is 24.1 Å². The molecule has 1 aromatic heterocycles. The van der Waals surface area contributed by atoms with Crippen molar-refractivity contribution in [2.45, 2.75) is 13.0 Å². The van der Waals surface area contributed by atoms with E-state index < -0.39 is 12.0 Å². The monoisotopic (exact) mass is 424 g/mol. The summed E-state index contributed by atoms with van der Waals surface area (Å²) in [6.07, 6.45) is 1.79. The molecule has 1 aliphatic rings. The van der Waals surface area contributed by atoms with Crippen LogP contribution in [0.25, 0.3) is 6.08 Å². The van der Waals surface area contributed by atoms with Crippen LogP contribution in [0.5, 0.6) is 0 Å². The van der Waals surface area contributed by atoms with Gasteiger partial charge in [-0.05, 0) is 36.3 Å². The minimum atomic E-state index is -0.596. The van der Waals surface area contributed by atoms with E-state index in [1.807, 2.05) is 42.5 Å². The van der Waals surface area contributed by atoms with E-state index in [-0.39, 0.29) is 5.56 Å². The first-order chi connectivity index (χ1) is 14.0. The maximum absolute atomic E-state index is 13.3. The molecule has 7 heteroatoms. The third-order valence-electron chi connectivity index (χ3n) is 4.69. The predicted octanol–water partition coefficient (Wildman–Crippen LogP) is 3.06. The highest BCUT2D eigenvalue weighted by atomic mass is 35.5. The Morgan fingerprint density at radius 1 is 1.21 bits per heavy atom. The molecular weight excluding hydrogens is 408 g/mol. The summed E-state index contributed by atoms with van der Waals surface area (Å²) < 4.78 is 7.08. The van der Waals surface area contributed by atoms with Crippen molar-refractivity contribution in [2.75, 3.05) is 7.11 Å². The summed E-state index contributed by atoms with van der Waals surface area (Å²) >= 11 is 7.35. The molecule has 3 aromatic rings. The number of halogens is 1. The van der Waals surface area contributed by atoms with Crippen LogP contribution in [0.3, 0.4) is 0 Å². The average Bonchev–Trinajstić information content (AvgIpc) is 3.02. The maximum atomic E-state index is 13.3. The fourth-order valence-electron chi connectivity index (χ4n) is 3.39. The quantitative estimate of drug-likeness (QED) is 0.607. The van der Waals surface area contributed by atoms with Crippen molar-refractivity contribution in [1.82, 2.24) is 4.57 Å². The van der Waals surface area contributed by atoms with Gasteiger partial charge in [-0.15, -0.1) is 0 Å². The van der Waals surface area contributed by atoms with Gasteiger partial charge in [0.15, 0.2) is 4.80 Å². The molecule has 2 heterocycles. The number of methoxy groups -OCH3 is 1. The highest BCUT2D eigenvalue weighted by Gasteiger charge is 2.32. The zero-order valence-electron chi connectivity index (χ0n) is 15.8. The molecule has 29 heavy (non-hydrogen) atoms. The number of carbonyl (C=O) groups is 1. The molecule has 0 spiro atoms. The Bertz CT molecular complexity index is 1310. The molecule has 0 radical (unpaired) electrons. The molecular formula is C22H17ClN2O3S. The number of rotatable bonds is 3. The highest BCUT2D eigenvalue weighted by Crippen LogP contribution is 2.30. The van der Waals surface area contributed by atoms with Crippen LogP contribution in [0.4, 0.5) is 0 Å². The van der Waals surface area contributed by atoms with E-state index in [1.165, 1.54) is 18.4 Å². The Hall–Kier alpha value is -2.96. The summed E-state index contributed by atoms with van der Waals surface area (Å²) in [5.41, 5.74) is 2.33. The first kappa shape index (κ1) is 19.4. The second kappa shape index (κ2) is 7.81. The number of carbonyl (C=O) groups excluding carboxylic acids is 1. The third kappa shape index (κ3) is 3.57. The van der Waals surface area contributed by atoms with Crippen LogP contribution in [0, 0.1) is 0 Å². The first-order valence-corrected chi connectivity index (χ1v) is 10.1. The Morgan fingerprint density at radius 2 is 1.97 bits per heavy atom. The summed E-state index contributed by atoms with van der Waals surface area (Å²) in [4.78, 5) is 30.9. The summed E-state index contributed by atoms with van der Waals surface area (Å²) in [6.45, 7) is 1.76. The van der Waals surface area contributed by atoms with E-state index in [0.717, 1.165) is 11.1 Å². The molecule has 0 fully saturated rings. The van der Waals surface area contributed by atoms with Gasteiger partial charge in [0.2, 0.25) is 0 Å². The zero-order chi connectivity index (χ0) is 20.5. The van der Waals surface area contributed by atoms with Crippen LogP contribution in [0.2, 0.25) is 5.02 Å². The smallest absolute Gasteiger partial charge is 0.338 e. The fraction of sp³-hybridized carbons (Fsp3) is 0.136. The lowest BCUT2D eigenvalue weighted by atomic mass is 9.96. The molecule has 1 aliphatic heterocycles. The number of fused-ring (bicyclic) bond motifs is 1. The number of allylic oxidation sites excluding steroid dienone is 1.